The fourth-order valence-electron chi connectivity index (χ4n) is 2.38. The Bertz CT molecular complexity index is 964. The summed E-state index contributed by atoms with van der Waals surface area (Å²) in [6.45, 7) is 4.53. The first kappa shape index (κ1) is 20.9. The van der Waals surface area contributed by atoms with Gasteiger partial charge in [0.15, 0.2) is 27.1 Å². The van der Waals surface area contributed by atoms with E-state index in [1.54, 1.807) is 13.8 Å². The Kier molecular flexibility index (Phi) is 5.37. The zero-order valence-corrected chi connectivity index (χ0v) is 16.2. The molecular formula is C16H19F3N4O3S. The molecule has 0 atom stereocenters. The third kappa shape index (κ3) is 4.12. The molecule has 0 saturated carbocycles. The second-order valence-electron chi connectivity index (χ2n) is 6.34. The second-order valence-corrected chi connectivity index (χ2v) is 8.36. The van der Waals surface area contributed by atoms with Crippen molar-refractivity contribution in [3.05, 3.63) is 29.6 Å². The molecule has 2 aromatic heterocycles. The highest BCUT2D eigenvalue weighted by molar-refractivity contribution is 7.90. The van der Waals surface area contributed by atoms with Gasteiger partial charge in [-0.2, -0.15) is 23.0 Å². The molecule has 0 amide bonds. The minimum atomic E-state index is -4.84. The standard InChI is InChI=1S/C16H19F3N4O3S/c1-9(2)22(4)15-13(10(3)24)14(16(17,18)19)21-23(15)12-7-6-11(8-20-12)27(5,25)26/h6-9H,1-5H3. The van der Waals surface area contributed by atoms with Crippen LogP contribution in [0, 0.1) is 0 Å². The van der Waals surface area contributed by atoms with Crippen LogP contribution in [0.15, 0.2) is 23.2 Å². The van der Waals surface area contributed by atoms with E-state index in [0.29, 0.717) is 0 Å². The number of carbonyl (C=O) groups is 1. The average Bonchev–Trinajstić information content (AvgIpc) is 2.94. The van der Waals surface area contributed by atoms with Gasteiger partial charge in [-0.1, -0.05) is 0 Å². The van der Waals surface area contributed by atoms with Gasteiger partial charge in [0.2, 0.25) is 0 Å². The van der Waals surface area contributed by atoms with E-state index in [4.69, 9.17) is 0 Å². The molecule has 2 aromatic rings. The van der Waals surface area contributed by atoms with Crippen molar-refractivity contribution in [3.63, 3.8) is 0 Å². The van der Waals surface area contributed by atoms with Crippen LogP contribution in [-0.2, 0) is 16.0 Å². The molecule has 0 bridgehead atoms. The number of nitrogens with zero attached hydrogens (tertiary/aromatic N) is 4. The van der Waals surface area contributed by atoms with Crippen molar-refractivity contribution >= 4 is 21.4 Å². The number of pyridine rings is 1. The van der Waals surface area contributed by atoms with Crippen molar-refractivity contribution in [1.29, 1.82) is 0 Å². The van der Waals surface area contributed by atoms with Gasteiger partial charge in [0, 0.05) is 25.5 Å². The van der Waals surface area contributed by atoms with Gasteiger partial charge in [-0.15, -0.1) is 0 Å². The number of carbonyl (C=O) groups excluding carboxylic acids is 1. The van der Waals surface area contributed by atoms with E-state index < -0.39 is 33.1 Å². The lowest BCUT2D eigenvalue weighted by molar-refractivity contribution is -0.141. The Labute approximate surface area is 154 Å². The smallest absolute Gasteiger partial charge is 0.356 e. The molecule has 11 heteroatoms. The van der Waals surface area contributed by atoms with Crippen molar-refractivity contribution in [2.45, 2.75) is 37.9 Å². The van der Waals surface area contributed by atoms with E-state index in [0.717, 1.165) is 24.1 Å². The fourth-order valence-corrected chi connectivity index (χ4v) is 2.94. The molecule has 0 unspecified atom stereocenters. The molecule has 0 spiro atoms. The van der Waals surface area contributed by atoms with Crippen molar-refractivity contribution < 1.29 is 26.4 Å². The molecule has 7 nitrogen and oxygen atoms in total. The Balaban J connectivity index is 2.81. The molecule has 2 heterocycles. The molecule has 0 aromatic carbocycles. The molecule has 0 aliphatic carbocycles. The summed E-state index contributed by atoms with van der Waals surface area (Å²) in [7, 11) is -1.98. The second kappa shape index (κ2) is 6.95. The lowest BCUT2D eigenvalue weighted by Crippen LogP contribution is -2.29. The van der Waals surface area contributed by atoms with E-state index >= 15 is 0 Å². The minimum absolute atomic E-state index is 0.0390. The van der Waals surface area contributed by atoms with Gasteiger partial charge in [-0.3, -0.25) is 4.79 Å². The maximum Gasteiger partial charge on any atom is 0.435 e. The topological polar surface area (TPSA) is 85.2 Å². The molecule has 0 aliphatic rings. The predicted molar refractivity (Wildman–Crippen MR) is 93.0 cm³/mol. The highest BCUT2D eigenvalue weighted by Crippen LogP contribution is 2.37. The quantitative estimate of drug-likeness (QED) is 0.713. The first-order valence-electron chi connectivity index (χ1n) is 7.85. The molecule has 27 heavy (non-hydrogen) atoms. The van der Waals surface area contributed by atoms with Gasteiger partial charge in [-0.25, -0.2) is 13.4 Å². The number of Topliss-reactive ketones (excluding diaryl/α,β-unsaturated/α-hetero) is 1. The van der Waals surface area contributed by atoms with Gasteiger partial charge >= 0.3 is 6.18 Å². The van der Waals surface area contributed by atoms with Gasteiger partial charge in [0.1, 0.15) is 5.82 Å². The number of hydrogen-bond donors (Lipinski definition) is 0. The number of anilines is 1. The van der Waals surface area contributed by atoms with Crippen molar-refractivity contribution in [2.75, 3.05) is 18.2 Å². The molecule has 0 N–H and O–H groups in total. The van der Waals surface area contributed by atoms with Gasteiger partial charge in [0.25, 0.3) is 0 Å². The van der Waals surface area contributed by atoms with Crippen LogP contribution in [0.25, 0.3) is 5.82 Å². The molecule has 0 radical (unpaired) electrons. The molecule has 0 saturated heterocycles. The molecule has 0 aliphatic heterocycles. The van der Waals surface area contributed by atoms with Crippen LogP contribution in [0.2, 0.25) is 0 Å². The lowest BCUT2D eigenvalue weighted by Gasteiger charge is -2.25. The maximum absolute atomic E-state index is 13.5. The molecular weight excluding hydrogens is 385 g/mol. The Morgan fingerprint density at radius 1 is 1.26 bits per heavy atom. The van der Waals surface area contributed by atoms with Crippen molar-refractivity contribution in [3.8, 4) is 5.82 Å². The van der Waals surface area contributed by atoms with E-state index in [-0.39, 0.29) is 22.6 Å². The Hall–Kier alpha value is -2.43. The van der Waals surface area contributed by atoms with E-state index in [2.05, 4.69) is 10.1 Å². The minimum Gasteiger partial charge on any atom is -0.356 e. The number of rotatable bonds is 5. The van der Waals surface area contributed by atoms with Crippen LogP contribution >= 0.6 is 0 Å². The number of aromatic nitrogens is 3. The summed E-state index contributed by atoms with van der Waals surface area (Å²) in [6.07, 6.45) is -2.82. The number of ketones is 1. The zero-order chi connectivity index (χ0) is 20.7. The highest BCUT2D eigenvalue weighted by Gasteiger charge is 2.42. The summed E-state index contributed by atoms with van der Waals surface area (Å²) in [5, 5.41) is 3.59. The fraction of sp³-hybridized carbons (Fsp3) is 0.438. The first-order chi connectivity index (χ1) is 12.2. The van der Waals surface area contributed by atoms with Crippen LogP contribution in [0.5, 0.6) is 0 Å². The van der Waals surface area contributed by atoms with Crippen molar-refractivity contribution in [2.24, 2.45) is 0 Å². The zero-order valence-electron chi connectivity index (χ0n) is 15.4. The monoisotopic (exact) mass is 404 g/mol. The summed E-state index contributed by atoms with van der Waals surface area (Å²) in [4.78, 5) is 17.3. The Morgan fingerprint density at radius 3 is 2.22 bits per heavy atom. The molecule has 148 valence electrons. The number of halogens is 3. The first-order valence-corrected chi connectivity index (χ1v) is 9.74. The van der Waals surface area contributed by atoms with Gasteiger partial charge < -0.3 is 4.90 Å². The lowest BCUT2D eigenvalue weighted by atomic mass is 10.1. The SMILES string of the molecule is CC(=O)c1c(C(F)(F)F)nn(-c2ccc(S(C)(=O)=O)cn2)c1N(C)C(C)C. The molecule has 2 rings (SSSR count). The maximum atomic E-state index is 13.5. The molecule has 0 fully saturated rings. The van der Waals surface area contributed by atoms with Crippen LogP contribution in [0.4, 0.5) is 19.0 Å². The summed E-state index contributed by atoms with van der Waals surface area (Å²) in [5.74, 6) is -0.892. The van der Waals surface area contributed by atoms with E-state index in [1.165, 1.54) is 24.1 Å². The summed E-state index contributed by atoms with van der Waals surface area (Å²) in [6, 6.07) is 2.22. The van der Waals surface area contributed by atoms with Crippen LogP contribution in [-0.4, -0.2) is 48.3 Å². The van der Waals surface area contributed by atoms with Crippen LogP contribution in [0.1, 0.15) is 36.8 Å². The average molecular weight is 404 g/mol. The third-order valence-electron chi connectivity index (χ3n) is 3.96. The number of hydrogen-bond acceptors (Lipinski definition) is 6. The third-order valence-corrected chi connectivity index (χ3v) is 5.05. The number of sulfone groups is 1. The van der Waals surface area contributed by atoms with Crippen LogP contribution < -0.4 is 4.90 Å². The largest absolute Gasteiger partial charge is 0.435 e. The van der Waals surface area contributed by atoms with E-state index in [1.807, 2.05) is 0 Å². The highest BCUT2D eigenvalue weighted by atomic mass is 32.2. The number of alkyl halides is 3. The summed E-state index contributed by atoms with van der Waals surface area (Å²) < 4.78 is 64.4. The summed E-state index contributed by atoms with van der Waals surface area (Å²) >= 11 is 0. The predicted octanol–water partition coefficient (Wildman–Crippen LogP) is 2.74. The van der Waals surface area contributed by atoms with Gasteiger partial charge in [0.05, 0.1) is 10.5 Å². The normalized spacial score (nSPS) is 12.5. The van der Waals surface area contributed by atoms with E-state index in [9.17, 15) is 26.4 Å². The Morgan fingerprint density at radius 2 is 1.85 bits per heavy atom. The van der Waals surface area contributed by atoms with Crippen LogP contribution in [0.3, 0.4) is 0 Å². The van der Waals surface area contributed by atoms with Gasteiger partial charge in [-0.05, 0) is 32.9 Å². The summed E-state index contributed by atoms with van der Waals surface area (Å²) in [5.41, 5.74) is -1.88. The van der Waals surface area contributed by atoms with Crippen molar-refractivity contribution in [1.82, 2.24) is 14.8 Å².